The Balaban J connectivity index is 2.15. The molecule has 6 nitrogen and oxygen atoms in total. The van der Waals surface area contributed by atoms with Crippen molar-refractivity contribution in [3.63, 3.8) is 0 Å². The van der Waals surface area contributed by atoms with E-state index in [1.165, 1.54) is 6.33 Å². The first-order chi connectivity index (χ1) is 10.2. The third kappa shape index (κ3) is 3.68. The number of hydrogen-bond acceptors (Lipinski definition) is 6. The molecule has 1 aromatic carbocycles. The first kappa shape index (κ1) is 15.7. The summed E-state index contributed by atoms with van der Waals surface area (Å²) in [7, 11) is 3.29. The van der Waals surface area contributed by atoms with E-state index in [9.17, 15) is 0 Å². The average Bonchev–Trinajstić information content (AvgIpc) is 3.06. The highest BCUT2D eigenvalue weighted by atomic mass is 32.2. The van der Waals surface area contributed by atoms with E-state index in [4.69, 9.17) is 9.47 Å². The van der Waals surface area contributed by atoms with Crippen LogP contribution in [-0.4, -0.2) is 35.7 Å². The molecule has 0 spiro atoms. The van der Waals surface area contributed by atoms with Gasteiger partial charge in [-0.25, -0.2) is 4.98 Å². The first-order valence-corrected chi connectivity index (χ1v) is 7.79. The minimum atomic E-state index is 0.0929. The van der Waals surface area contributed by atoms with E-state index in [-0.39, 0.29) is 6.04 Å². The Labute approximate surface area is 128 Å². The molecule has 2 rings (SSSR count). The van der Waals surface area contributed by atoms with Crippen molar-refractivity contribution in [3.05, 3.63) is 29.8 Å². The third-order valence-corrected chi connectivity index (χ3v) is 4.05. The Bertz CT molecular complexity index is 575. The zero-order valence-corrected chi connectivity index (χ0v) is 13.5. The maximum absolute atomic E-state index is 5.36. The van der Waals surface area contributed by atoms with Gasteiger partial charge in [-0.3, -0.25) is 5.10 Å². The van der Waals surface area contributed by atoms with Crippen LogP contribution in [0, 0.1) is 0 Å². The van der Waals surface area contributed by atoms with Gasteiger partial charge in [0.15, 0.2) is 11.5 Å². The van der Waals surface area contributed by atoms with E-state index in [0.29, 0.717) is 6.54 Å². The number of aromatic amines is 1. The molecule has 1 atom stereocenters. The Morgan fingerprint density at radius 3 is 2.57 bits per heavy atom. The number of methoxy groups -OCH3 is 2. The van der Waals surface area contributed by atoms with Crippen molar-refractivity contribution in [2.75, 3.05) is 20.5 Å². The summed E-state index contributed by atoms with van der Waals surface area (Å²) in [5.41, 5.74) is 1.16. The topological polar surface area (TPSA) is 72.1 Å². The van der Waals surface area contributed by atoms with Gasteiger partial charge in [0.2, 0.25) is 0 Å². The SMILES string of the molecule is COc1cc(CNC(C)c2ncn[nH]2)c(SC)cc1OC. The molecule has 0 saturated heterocycles. The van der Waals surface area contributed by atoms with Gasteiger partial charge in [0.05, 0.1) is 20.3 Å². The van der Waals surface area contributed by atoms with E-state index in [2.05, 4.69) is 20.5 Å². The molecule has 114 valence electrons. The summed E-state index contributed by atoms with van der Waals surface area (Å²) >= 11 is 1.68. The van der Waals surface area contributed by atoms with Crippen molar-refractivity contribution in [1.82, 2.24) is 20.5 Å². The predicted molar refractivity (Wildman–Crippen MR) is 83.0 cm³/mol. The highest BCUT2D eigenvalue weighted by molar-refractivity contribution is 7.98. The van der Waals surface area contributed by atoms with E-state index in [0.717, 1.165) is 27.8 Å². The van der Waals surface area contributed by atoms with Crippen LogP contribution in [0.4, 0.5) is 0 Å². The van der Waals surface area contributed by atoms with Crippen LogP contribution in [0.5, 0.6) is 11.5 Å². The maximum atomic E-state index is 5.36. The summed E-state index contributed by atoms with van der Waals surface area (Å²) in [5, 5.41) is 10.2. The lowest BCUT2D eigenvalue weighted by atomic mass is 10.2. The van der Waals surface area contributed by atoms with Gasteiger partial charge in [-0.2, -0.15) is 5.10 Å². The van der Waals surface area contributed by atoms with Gasteiger partial charge >= 0.3 is 0 Å². The predicted octanol–water partition coefficient (Wildman–Crippen LogP) is 2.39. The smallest absolute Gasteiger partial charge is 0.161 e. The van der Waals surface area contributed by atoms with Crippen LogP contribution in [-0.2, 0) is 6.54 Å². The largest absolute Gasteiger partial charge is 0.493 e. The summed E-state index contributed by atoms with van der Waals surface area (Å²) in [6.45, 7) is 2.75. The lowest BCUT2D eigenvalue weighted by Gasteiger charge is -2.16. The molecule has 0 aliphatic carbocycles. The molecule has 7 heteroatoms. The molecule has 0 saturated carbocycles. The molecule has 0 radical (unpaired) electrons. The van der Waals surface area contributed by atoms with Crippen molar-refractivity contribution in [1.29, 1.82) is 0 Å². The summed E-state index contributed by atoms with van der Waals surface area (Å²) in [6, 6.07) is 4.10. The van der Waals surface area contributed by atoms with E-state index < -0.39 is 0 Å². The van der Waals surface area contributed by atoms with Crippen molar-refractivity contribution in [2.45, 2.75) is 24.4 Å². The fraction of sp³-hybridized carbons (Fsp3) is 0.429. The molecule has 0 bridgehead atoms. The molecule has 0 aliphatic rings. The molecule has 1 unspecified atom stereocenters. The first-order valence-electron chi connectivity index (χ1n) is 6.57. The minimum Gasteiger partial charge on any atom is -0.493 e. The van der Waals surface area contributed by atoms with Crippen LogP contribution < -0.4 is 14.8 Å². The molecule has 0 amide bonds. The zero-order valence-electron chi connectivity index (χ0n) is 12.6. The monoisotopic (exact) mass is 308 g/mol. The number of rotatable bonds is 7. The second-order valence-corrected chi connectivity index (χ2v) is 5.34. The number of thioether (sulfide) groups is 1. The van der Waals surface area contributed by atoms with Crippen molar-refractivity contribution < 1.29 is 9.47 Å². The van der Waals surface area contributed by atoms with Gasteiger partial charge in [0.25, 0.3) is 0 Å². The van der Waals surface area contributed by atoms with Crippen molar-refractivity contribution >= 4 is 11.8 Å². The lowest BCUT2D eigenvalue weighted by molar-refractivity contribution is 0.353. The number of aromatic nitrogens is 3. The normalized spacial score (nSPS) is 12.2. The molecular formula is C14H20N4O2S. The summed E-state index contributed by atoms with van der Waals surface area (Å²) in [5.74, 6) is 2.30. The van der Waals surface area contributed by atoms with Gasteiger partial charge in [-0.1, -0.05) is 0 Å². The lowest BCUT2D eigenvalue weighted by Crippen LogP contribution is -2.19. The highest BCUT2D eigenvalue weighted by Crippen LogP contribution is 2.34. The summed E-state index contributed by atoms with van der Waals surface area (Å²) < 4.78 is 10.7. The number of benzene rings is 1. The van der Waals surface area contributed by atoms with Gasteiger partial charge in [0, 0.05) is 11.4 Å². The van der Waals surface area contributed by atoms with E-state index >= 15 is 0 Å². The van der Waals surface area contributed by atoms with Crippen LogP contribution in [0.2, 0.25) is 0 Å². The van der Waals surface area contributed by atoms with Gasteiger partial charge in [0.1, 0.15) is 12.2 Å². The standard InChI is InChI=1S/C14H20N4O2S/c1-9(14-16-8-17-18-14)15-7-10-5-11(19-2)12(20-3)6-13(10)21-4/h5-6,8-9,15H,7H2,1-4H3,(H,16,17,18). The molecule has 1 aromatic heterocycles. The van der Waals surface area contributed by atoms with Gasteiger partial charge in [-0.05, 0) is 30.9 Å². The minimum absolute atomic E-state index is 0.0929. The van der Waals surface area contributed by atoms with E-state index in [1.54, 1.807) is 26.0 Å². The zero-order chi connectivity index (χ0) is 15.2. The molecule has 0 aliphatic heterocycles. The van der Waals surface area contributed by atoms with Crippen LogP contribution in [0.1, 0.15) is 24.4 Å². The number of nitrogens with zero attached hydrogens (tertiary/aromatic N) is 2. The van der Waals surface area contributed by atoms with Crippen molar-refractivity contribution in [3.8, 4) is 11.5 Å². The molecule has 21 heavy (non-hydrogen) atoms. The van der Waals surface area contributed by atoms with E-state index in [1.807, 2.05) is 25.3 Å². The Morgan fingerprint density at radius 1 is 1.29 bits per heavy atom. The molecular weight excluding hydrogens is 288 g/mol. The number of nitrogens with one attached hydrogen (secondary N) is 2. The molecule has 2 N–H and O–H groups in total. The maximum Gasteiger partial charge on any atom is 0.161 e. The fourth-order valence-corrected chi connectivity index (χ4v) is 2.63. The second kappa shape index (κ2) is 7.33. The van der Waals surface area contributed by atoms with Crippen LogP contribution >= 0.6 is 11.8 Å². The van der Waals surface area contributed by atoms with Crippen LogP contribution in [0.15, 0.2) is 23.4 Å². The molecule has 0 fully saturated rings. The van der Waals surface area contributed by atoms with Gasteiger partial charge in [-0.15, -0.1) is 11.8 Å². The highest BCUT2D eigenvalue weighted by Gasteiger charge is 2.13. The Kier molecular flexibility index (Phi) is 5.46. The van der Waals surface area contributed by atoms with Crippen LogP contribution in [0.25, 0.3) is 0 Å². The Hall–Kier alpha value is -1.73. The Morgan fingerprint density at radius 2 is 2.00 bits per heavy atom. The fourth-order valence-electron chi connectivity index (χ4n) is 2.01. The average molecular weight is 308 g/mol. The summed E-state index contributed by atoms with van der Waals surface area (Å²) in [4.78, 5) is 5.31. The molecule has 2 aromatic rings. The quantitative estimate of drug-likeness (QED) is 0.765. The van der Waals surface area contributed by atoms with Gasteiger partial charge < -0.3 is 14.8 Å². The second-order valence-electron chi connectivity index (χ2n) is 4.49. The number of ether oxygens (including phenoxy) is 2. The molecule has 1 heterocycles. The number of hydrogen-bond donors (Lipinski definition) is 2. The number of H-pyrrole nitrogens is 1. The summed E-state index contributed by atoms with van der Waals surface area (Å²) in [6.07, 6.45) is 3.56. The van der Waals surface area contributed by atoms with Crippen molar-refractivity contribution in [2.24, 2.45) is 0 Å². The third-order valence-electron chi connectivity index (χ3n) is 3.23. The van der Waals surface area contributed by atoms with Crippen LogP contribution in [0.3, 0.4) is 0 Å².